The topological polar surface area (TPSA) is 59.0 Å². The molecule has 1 fully saturated rings. The Bertz CT molecular complexity index is 426. The lowest BCUT2D eigenvalue weighted by atomic mass is 9.92. The fourth-order valence-corrected chi connectivity index (χ4v) is 2.43. The highest BCUT2D eigenvalue weighted by atomic mass is 35.5. The number of aryl methyl sites for hydroxylation is 1. The average molecular weight is 287 g/mol. The number of rotatable bonds is 3. The minimum atomic E-state index is -0.0151. The molecule has 1 aliphatic heterocycles. The smallest absolute Gasteiger partial charge is 0.254 e. The van der Waals surface area contributed by atoms with Crippen LogP contribution in [0.15, 0.2) is 6.20 Å². The van der Waals surface area contributed by atoms with Crippen molar-refractivity contribution < 1.29 is 4.79 Å². The largest absolute Gasteiger partial charge is 0.349 e. The predicted molar refractivity (Wildman–Crippen MR) is 77.7 cm³/mol. The molecule has 0 spiro atoms. The third kappa shape index (κ3) is 3.70. The second kappa shape index (κ2) is 6.91. The van der Waals surface area contributed by atoms with E-state index in [0.29, 0.717) is 11.5 Å². The number of nitrogens with one attached hydrogen (secondary N) is 2. The molecule has 0 saturated carbocycles. The van der Waals surface area contributed by atoms with Crippen molar-refractivity contribution >= 4 is 18.3 Å². The van der Waals surface area contributed by atoms with E-state index in [2.05, 4.69) is 22.7 Å². The third-order valence-electron chi connectivity index (χ3n) is 3.88. The number of halogens is 1. The van der Waals surface area contributed by atoms with E-state index >= 15 is 0 Å². The standard InChI is InChI=1S/C13H22N4O.ClH/c1-9(11-5-4-6-14-7-11)16-13(18)12-8-15-17(3)10(12)2;/h8-9,11,14H,4-7H2,1-3H3,(H,16,18);1H. The minimum absolute atomic E-state index is 0. The van der Waals surface area contributed by atoms with Crippen molar-refractivity contribution in [1.82, 2.24) is 20.4 Å². The van der Waals surface area contributed by atoms with Gasteiger partial charge in [-0.15, -0.1) is 12.4 Å². The molecule has 1 aromatic rings. The van der Waals surface area contributed by atoms with Crippen molar-refractivity contribution in [3.05, 3.63) is 17.5 Å². The molecular weight excluding hydrogens is 264 g/mol. The van der Waals surface area contributed by atoms with Crippen LogP contribution in [-0.2, 0) is 7.05 Å². The van der Waals surface area contributed by atoms with Crippen molar-refractivity contribution in [2.75, 3.05) is 13.1 Å². The highest BCUT2D eigenvalue weighted by Gasteiger charge is 2.22. The van der Waals surface area contributed by atoms with Gasteiger partial charge in [0.1, 0.15) is 0 Å². The zero-order valence-corrected chi connectivity index (χ0v) is 12.6. The predicted octanol–water partition coefficient (Wildman–Crippen LogP) is 1.27. The van der Waals surface area contributed by atoms with E-state index in [1.165, 1.54) is 12.8 Å². The molecule has 1 saturated heterocycles. The lowest BCUT2D eigenvalue weighted by molar-refractivity contribution is 0.0921. The molecule has 2 N–H and O–H groups in total. The van der Waals surface area contributed by atoms with Gasteiger partial charge in [0.25, 0.3) is 5.91 Å². The van der Waals surface area contributed by atoms with E-state index in [4.69, 9.17) is 0 Å². The normalized spacial score (nSPS) is 20.5. The van der Waals surface area contributed by atoms with E-state index in [-0.39, 0.29) is 24.4 Å². The highest BCUT2D eigenvalue weighted by Crippen LogP contribution is 2.15. The summed E-state index contributed by atoms with van der Waals surface area (Å²) in [4.78, 5) is 12.1. The van der Waals surface area contributed by atoms with Gasteiger partial charge in [0, 0.05) is 18.8 Å². The molecule has 0 aromatic carbocycles. The summed E-state index contributed by atoms with van der Waals surface area (Å²) in [6.07, 6.45) is 4.01. The van der Waals surface area contributed by atoms with Crippen LogP contribution in [0.25, 0.3) is 0 Å². The summed E-state index contributed by atoms with van der Waals surface area (Å²) in [5.74, 6) is 0.512. The summed E-state index contributed by atoms with van der Waals surface area (Å²) >= 11 is 0. The van der Waals surface area contributed by atoms with Crippen LogP contribution in [0.1, 0.15) is 35.8 Å². The summed E-state index contributed by atoms with van der Waals surface area (Å²) < 4.78 is 1.72. The minimum Gasteiger partial charge on any atom is -0.349 e. The third-order valence-corrected chi connectivity index (χ3v) is 3.88. The van der Waals surface area contributed by atoms with E-state index in [0.717, 1.165) is 18.8 Å². The molecule has 2 atom stereocenters. The monoisotopic (exact) mass is 286 g/mol. The van der Waals surface area contributed by atoms with Gasteiger partial charge in [-0.1, -0.05) is 0 Å². The molecule has 0 aliphatic carbocycles. The van der Waals surface area contributed by atoms with Gasteiger partial charge in [-0.25, -0.2) is 0 Å². The number of hydrogen-bond donors (Lipinski definition) is 2. The number of carbonyl (C=O) groups excluding carboxylic acids is 1. The fourth-order valence-electron chi connectivity index (χ4n) is 2.43. The molecule has 0 bridgehead atoms. The lowest BCUT2D eigenvalue weighted by Crippen LogP contribution is -2.44. The Morgan fingerprint density at radius 2 is 2.37 bits per heavy atom. The van der Waals surface area contributed by atoms with Gasteiger partial charge in [0.2, 0.25) is 0 Å². The Balaban J connectivity index is 0.00000180. The first-order valence-electron chi connectivity index (χ1n) is 6.59. The number of hydrogen-bond acceptors (Lipinski definition) is 3. The molecule has 1 amide bonds. The first-order valence-corrected chi connectivity index (χ1v) is 6.59. The Morgan fingerprint density at radius 1 is 1.63 bits per heavy atom. The zero-order chi connectivity index (χ0) is 13.1. The van der Waals surface area contributed by atoms with Crippen molar-refractivity contribution in [1.29, 1.82) is 0 Å². The maximum Gasteiger partial charge on any atom is 0.254 e. The summed E-state index contributed by atoms with van der Waals surface area (Å²) in [6, 6.07) is 0.199. The summed E-state index contributed by atoms with van der Waals surface area (Å²) in [6.45, 7) is 6.09. The summed E-state index contributed by atoms with van der Waals surface area (Å²) in [5.41, 5.74) is 1.58. The van der Waals surface area contributed by atoms with E-state index in [9.17, 15) is 4.79 Å². The Morgan fingerprint density at radius 3 is 2.89 bits per heavy atom. The van der Waals surface area contributed by atoms with Gasteiger partial charge in [-0.3, -0.25) is 9.48 Å². The fraction of sp³-hybridized carbons (Fsp3) is 0.692. The first-order chi connectivity index (χ1) is 8.59. The van der Waals surface area contributed by atoms with Crippen molar-refractivity contribution in [3.8, 4) is 0 Å². The number of piperidine rings is 1. The Kier molecular flexibility index (Phi) is 5.82. The van der Waals surface area contributed by atoms with Crippen LogP contribution in [-0.4, -0.2) is 34.8 Å². The molecule has 5 nitrogen and oxygen atoms in total. The molecule has 19 heavy (non-hydrogen) atoms. The molecule has 2 heterocycles. The molecule has 6 heteroatoms. The molecule has 108 valence electrons. The molecule has 0 radical (unpaired) electrons. The zero-order valence-electron chi connectivity index (χ0n) is 11.8. The SMILES string of the molecule is Cc1c(C(=O)NC(C)C2CCCNC2)cnn1C.Cl. The van der Waals surface area contributed by atoms with Gasteiger partial charge >= 0.3 is 0 Å². The van der Waals surface area contributed by atoms with Crippen LogP contribution in [0.4, 0.5) is 0 Å². The molecule has 2 unspecified atom stereocenters. The number of aromatic nitrogens is 2. The van der Waals surface area contributed by atoms with Crippen LogP contribution in [0.3, 0.4) is 0 Å². The van der Waals surface area contributed by atoms with E-state index in [1.807, 2.05) is 14.0 Å². The van der Waals surface area contributed by atoms with Gasteiger partial charge < -0.3 is 10.6 Å². The van der Waals surface area contributed by atoms with E-state index < -0.39 is 0 Å². The first kappa shape index (κ1) is 16.0. The maximum atomic E-state index is 12.1. The quantitative estimate of drug-likeness (QED) is 0.880. The second-order valence-electron chi connectivity index (χ2n) is 5.14. The van der Waals surface area contributed by atoms with Gasteiger partial charge in [0.05, 0.1) is 11.8 Å². The van der Waals surface area contributed by atoms with Crippen molar-refractivity contribution in [2.45, 2.75) is 32.7 Å². The molecular formula is C13H23ClN4O. The van der Waals surface area contributed by atoms with Crippen LogP contribution in [0.5, 0.6) is 0 Å². The average Bonchev–Trinajstić information content (AvgIpc) is 2.71. The van der Waals surface area contributed by atoms with Crippen LogP contribution in [0.2, 0.25) is 0 Å². The lowest BCUT2D eigenvalue weighted by Gasteiger charge is -2.28. The molecule has 1 aromatic heterocycles. The Hall–Kier alpha value is -1.07. The van der Waals surface area contributed by atoms with Crippen molar-refractivity contribution in [3.63, 3.8) is 0 Å². The highest BCUT2D eigenvalue weighted by molar-refractivity contribution is 5.95. The van der Waals surface area contributed by atoms with Crippen LogP contribution >= 0.6 is 12.4 Å². The summed E-state index contributed by atoms with van der Waals surface area (Å²) in [7, 11) is 1.85. The summed E-state index contributed by atoms with van der Waals surface area (Å²) in [5, 5.41) is 10.6. The van der Waals surface area contributed by atoms with Crippen LogP contribution in [0, 0.1) is 12.8 Å². The van der Waals surface area contributed by atoms with Crippen molar-refractivity contribution in [2.24, 2.45) is 13.0 Å². The molecule has 1 aliphatic rings. The second-order valence-corrected chi connectivity index (χ2v) is 5.14. The van der Waals surface area contributed by atoms with E-state index in [1.54, 1.807) is 10.9 Å². The molecule has 2 rings (SSSR count). The maximum absolute atomic E-state index is 12.1. The Labute approximate surface area is 120 Å². The number of carbonyl (C=O) groups is 1. The van der Waals surface area contributed by atoms with Gasteiger partial charge in [-0.05, 0) is 45.7 Å². The number of amides is 1. The van der Waals surface area contributed by atoms with Gasteiger partial charge in [0.15, 0.2) is 0 Å². The number of nitrogens with zero attached hydrogens (tertiary/aromatic N) is 2. The van der Waals surface area contributed by atoms with Gasteiger partial charge in [-0.2, -0.15) is 5.10 Å². The van der Waals surface area contributed by atoms with Crippen LogP contribution < -0.4 is 10.6 Å².